The molecular weight excluding hydrogens is 234 g/mol. The third-order valence-electron chi connectivity index (χ3n) is 3.96. The molecule has 2 nitrogen and oxygen atoms in total. The van der Waals surface area contributed by atoms with Crippen molar-refractivity contribution in [2.75, 3.05) is 19.8 Å². The molecule has 106 valence electrons. The lowest BCUT2D eigenvalue weighted by atomic mass is 9.92. The van der Waals surface area contributed by atoms with E-state index in [2.05, 4.69) is 42.6 Å². The molecule has 1 aliphatic heterocycles. The van der Waals surface area contributed by atoms with E-state index in [0.717, 1.165) is 25.7 Å². The normalized spacial score (nSPS) is 21.2. The second kappa shape index (κ2) is 8.34. The summed E-state index contributed by atoms with van der Waals surface area (Å²) >= 11 is 0. The summed E-state index contributed by atoms with van der Waals surface area (Å²) in [5.74, 6) is 0.767. The van der Waals surface area contributed by atoms with Crippen molar-refractivity contribution in [1.82, 2.24) is 5.32 Å². The third-order valence-corrected chi connectivity index (χ3v) is 3.96. The van der Waals surface area contributed by atoms with Gasteiger partial charge in [0.1, 0.15) is 0 Å². The monoisotopic (exact) mass is 261 g/mol. The Morgan fingerprint density at radius 2 is 2.16 bits per heavy atom. The van der Waals surface area contributed by atoms with Crippen molar-refractivity contribution in [2.24, 2.45) is 5.92 Å². The Morgan fingerprint density at radius 1 is 1.32 bits per heavy atom. The van der Waals surface area contributed by atoms with Gasteiger partial charge < -0.3 is 10.1 Å². The van der Waals surface area contributed by atoms with Crippen molar-refractivity contribution < 1.29 is 4.74 Å². The summed E-state index contributed by atoms with van der Waals surface area (Å²) in [7, 11) is 0. The number of benzene rings is 1. The highest BCUT2D eigenvalue weighted by Gasteiger charge is 2.17. The summed E-state index contributed by atoms with van der Waals surface area (Å²) in [6.07, 6.45) is 6.27. The maximum absolute atomic E-state index is 5.58. The Hall–Kier alpha value is -0.860. The molecular formula is C17H27NO. The summed E-state index contributed by atoms with van der Waals surface area (Å²) in [6.45, 7) is 5.26. The number of hydrogen-bond donors (Lipinski definition) is 1. The van der Waals surface area contributed by atoms with E-state index in [-0.39, 0.29) is 0 Å². The molecule has 1 saturated heterocycles. The maximum Gasteiger partial charge on any atom is 0.0494 e. The Kier molecular flexibility index (Phi) is 6.38. The molecule has 2 rings (SSSR count). The van der Waals surface area contributed by atoms with Gasteiger partial charge >= 0.3 is 0 Å². The first kappa shape index (κ1) is 14.5. The first-order chi connectivity index (χ1) is 9.40. The van der Waals surface area contributed by atoms with E-state index < -0.39 is 0 Å². The minimum atomic E-state index is 0.503. The fourth-order valence-electron chi connectivity index (χ4n) is 2.83. The van der Waals surface area contributed by atoms with Crippen LogP contribution in [0.1, 0.15) is 50.6 Å². The first-order valence-electron chi connectivity index (χ1n) is 7.76. The average Bonchev–Trinajstić information content (AvgIpc) is 2.49. The summed E-state index contributed by atoms with van der Waals surface area (Å²) in [5, 5.41) is 3.68. The molecule has 0 amide bonds. The van der Waals surface area contributed by atoms with Crippen LogP contribution < -0.4 is 5.32 Å². The third kappa shape index (κ3) is 4.96. The lowest BCUT2D eigenvalue weighted by Gasteiger charge is -2.25. The molecule has 0 bridgehead atoms. The standard InChI is InChI=1S/C17H27NO/c1-2-12-18-17(16-8-4-3-5-9-16)11-10-15-7-6-13-19-14-15/h3-5,8-9,15,17-18H,2,6-7,10-14H2,1H3. The van der Waals surface area contributed by atoms with Crippen molar-refractivity contribution in [3.05, 3.63) is 35.9 Å². The summed E-state index contributed by atoms with van der Waals surface area (Å²) in [4.78, 5) is 0. The van der Waals surface area contributed by atoms with E-state index in [0.29, 0.717) is 6.04 Å². The summed E-state index contributed by atoms with van der Waals surface area (Å²) < 4.78 is 5.58. The van der Waals surface area contributed by atoms with Crippen molar-refractivity contribution >= 4 is 0 Å². The fraction of sp³-hybridized carbons (Fsp3) is 0.647. The largest absolute Gasteiger partial charge is 0.381 e. The highest BCUT2D eigenvalue weighted by Crippen LogP contribution is 2.25. The molecule has 0 radical (unpaired) electrons. The first-order valence-corrected chi connectivity index (χ1v) is 7.76. The molecule has 1 aromatic rings. The Bertz CT molecular complexity index is 332. The SMILES string of the molecule is CCCNC(CCC1CCCOC1)c1ccccc1. The molecule has 2 atom stereocenters. The van der Waals surface area contributed by atoms with Gasteiger partial charge in [0.15, 0.2) is 0 Å². The maximum atomic E-state index is 5.58. The van der Waals surface area contributed by atoms with E-state index in [4.69, 9.17) is 4.74 Å². The minimum Gasteiger partial charge on any atom is -0.381 e. The van der Waals surface area contributed by atoms with Crippen LogP contribution in [0.3, 0.4) is 0 Å². The van der Waals surface area contributed by atoms with E-state index in [1.54, 1.807) is 0 Å². The van der Waals surface area contributed by atoms with Crippen LogP contribution in [-0.4, -0.2) is 19.8 Å². The molecule has 2 unspecified atom stereocenters. The summed E-state index contributed by atoms with van der Waals surface area (Å²) in [6, 6.07) is 11.4. The molecule has 1 heterocycles. The molecule has 1 aromatic carbocycles. The van der Waals surface area contributed by atoms with Gasteiger partial charge in [-0.05, 0) is 50.1 Å². The zero-order chi connectivity index (χ0) is 13.3. The van der Waals surface area contributed by atoms with E-state index >= 15 is 0 Å². The van der Waals surface area contributed by atoms with Crippen LogP contribution >= 0.6 is 0 Å². The molecule has 0 saturated carbocycles. The van der Waals surface area contributed by atoms with Gasteiger partial charge in [0, 0.05) is 19.3 Å². The van der Waals surface area contributed by atoms with Gasteiger partial charge in [0.05, 0.1) is 0 Å². The van der Waals surface area contributed by atoms with Crippen molar-refractivity contribution in [3.8, 4) is 0 Å². The van der Waals surface area contributed by atoms with E-state index in [1.165, 1.54) is 37.7 Å². The highest BCUT2D eigenvalue weighted by molar-refractivity contribution is 5.18. The number of rotatable bonds is 7. The van der Waals surface area contributed by atoms with Crippen LogP contribution in [0, 0.1) is 5.92 Å². The molecule has 1 fully saturated rings. The van der Waals surface area contributed by atoms with Gasteiger partial charge in [0.25, 0.3) is 0 Å². The molecule has 19 heavy (non-hydrogen) atoms. The van der Waals surface area contributed by atoms with Gasteiger partial charge in [-0.3, -0.25) is 0 Å². The lowest BCUT2D eigenvalue weighted by molar-refractivity contribution is 0.0498. The van der Waals surface area contributed by atoms with E-state index in [1.807, 2.05) is 0 Å². The van der Waals surface area contributed by atoms with Crippen LogP contribution in [0.4, 0.5) is 0 Å². The Balaban J connectivity index is 1.86. The van der Waals surface area contributed by atoms with Crippen LogP contribution in [0.25, 0.3) is 0 Å². The Labute approximate surface area is 117 Å². The molecule has 1 N–H and O–H groups in total. The van der Waals surface area contributed by atoms with Crippen molar-refractivity contribution in [3.63, 3.8) is 0 Å². The van der Waals surface area contributed by atoms with Gasteiger partial charge in [-0.1, -0.05) is 37.3 Å². The van der Waals surface area contributed by atoms with Gasteiger partial charge in [-0.2, -0.15) is 0 Å². The average molecular weight is 261 g/mol. The number of hydrogen-bond acceptors (Lipinski definition) is 2. The molecule has 0 aromatic heterocycles. The number of nitrogens with one attached hydrogen (secondary N) is 1. The van der Waals surface area contributed by atoms with Gasteiger partial charge in [0.2, 0.25) is 0 Å². The summed E-state index contributed by atoms with van der Waals surface area (Å²) in [5.41, 5.74) is 1.42. The number of ether oxygens (including phenoxy) is 1. The quantitative estimate of drug-likeness (QED) is 0.803. The smallest absolute Gasteiger partial charge is 0.0494 e. The molecule has 0 aliphatic carbocycles. The minimum absolute atomic E-state index is 0.503. The van der Waals surface area contributed by atoms with Crippen molar-refractivity contribution in [1.29, 1.82) is 0 Å². The second-order valence-electron chi connectivity index (χ2n) is 5.58. The zero-order valence-electron chi connectivity index (χ0n) is 12.1. The van der Waals surface area contributed by atoms with Crippen LogP contribution in [0.2, 0.25) is 0 Å². The molecule has 0 spiro atoms. The van der Waals surface area contributed by atoms with Crippen LogP contribution in [0.15, 0.2) is 30.3 Å². The zero-order valence-corrected chi connectivity index (χ0v) is 12.1. The highest BCUT2D eigenvalue weighted by atomic mass is 16.5. The lowest BCUT2D eigenvalue weighted by Crippen LogP contribution is -2.24. The predicted molar refractivity (Wildman–Crippen MR) is 80.3 cm³/mol. The Morgan fingerprint density at radius 3 is 2.84 bits per heavy atom. The second-order valence-corrected chi connectivity index (χ2v) is 5.58. The molecule has 2 heteroatoms. The predicted octanol–water partition coefficient (Wildman–Crippen LogP) is 3.93. The molecule has 1 aliphatic rings. The van der Waals surface area contributed by atoms with Crippen LogP contribution in [0.5, 0.6) is 0 Å². The topological polar surface area (TPSA) is 21.3 Å². The van der Waals surface area contributed by atoms with Crippen LogP contribution in [-0.2, 0) is 4.74 Å². The van der Waals surface area contributed by atoms with Gasteiger partial charge in [-0.25, -0.2) is 0 Å². The van der Waals surface area contributed by atoms with Crippen molar-refractivity contribution in [2.45, 2.75) is 45.1 Å². The van der Waals surface area contributed by atoms with Gasteiger partial charge in [-0.15, -0.1) is 0 Å². The van der Waals surface area contributed by atoms with E-state index in [9.17, 15) is 0 Å². The fourth-order valence-corrected chi connectivity index (χ4v) is 2.83.